The molecular weight excluding hydrogens is 508 g/mol. The first-order valence-corrected chi connectivity index (χ1v) is 11.6. The Kier molecular flexibility index (Phi) is 7.71. The lowest BCUT2D eigenvalue weighted by atomic mass is 10.0. The van der Waals surface area contributed by atoms with Gasteiger partial charge in [0.05, 0.1) is 30.3 Å². The molecule has 2 fully saturated rings. The summed E-state index contributed by atoms with van der Waals surface area (Å²) >= 11 is 0. The lowest BCUT2D eigenvalue weighted by molar-refractivity contribution is -0.139. The third-order valence-electron chi connectivity index (χ3n) is 6.33. The summed E-state index contributed by atoms with van der Waals surface area (Å²) in [6.07, 6.45) is -5.00. The molecule has 0 aromatic carbocycles. The van der Waals surface area contributed by atoms with Crippen LogP contribution in [0.4, 0.5) is 38.0 Å². The molecule has 15 heteroatoms. The average molecular weight is 533 g/mol. The van der Waals surface area contributed by atoms with E-state index in [0.717, 1.165) is 18.6 Å². The molecule has 2 saturated heterocycles. The van der Waals surface area contributed by atoms with Gasteiger partial charge >= 0.3 is 12.4 Å². The molecule has 1 N–H and O–H groups in total. The van der Waals surface area contributed by atoms with Crippen LogP contribution in [0.1, 0.15) is 37.3 Å². The number of nitrogens with zero attached hydrogens (tertiary/aromatic N) is 6. The van der Waals surface area contributed by atoms with Gasteiger partial charge in [0.25, 0.3) is 5.91 Å². The summed E-state index contributed by atoms with van der Waals surface area (Å²) in [5, 5.41) is 9.48. The van der Waals surface area contributed by atoms with Crippen molar-refractivity contribution in [1.82, 2.24) is 25.1 Å². The molecule has 2 aromatic heterocycles. The van der Waals surface area contributed by atoms with Gasteiger partial charge in [-0.3, -0.25) is 4.79 Å². The monoisotopic (exact) mass is 533 g/mol. The molecule has 2 aliphatic rings. The molecule has 0 bridgehead atoms. The number of rotatable bonds is 7. The molecule has 0 radical (unpaired) electrons. The molecule has 2 aromatic rings. The molecule has 2 aliphatic heterocycles. The van der Waals surface area contributed by atoms with Gasteiger partial charge in [-0.15, -0.1) is 0 Å². The second-order valence-corrected chi connectivity index (χ2v) is 8.99. The van der Waals surface area contributed by atoms with Crippen LogP contribution in [0.2, 0.25) is 0 Å². The molecule has 0 spiro atoms. The fraction of sp³-hybridized carbons (Fsp3) is 0.591. The Hall–Kier alpha value is -3.23. The lowest BCUT2D eigenvalue weighted by Gasteiger charge is -2.36. The van der Waals surface area contributed by atoms with E-state index >= 15 is 0 Å². The lowest BCUT2D eigenvalue weighted by Crippen LogP contribution is -2.47. The highest BCUT2D eigenvalue weighted by Gasteiger charge is 2.39. The molecular formula is C22H25F6N7O2. The third kappa shape index (κ3) is 6.37. The minimum absolute atomic E-state index is 0.00751. The summed E-state index contributed by atoms with van der Waals surface area (Å²) in [5.41, 5.74) is -2.07. The van der Waals surface area contributed by atoms with Crippen molar-refractivity contribution in [1.29, 1.82) is 0 Å². The quantitative estimate of drug-likeness (QED) is 0.542. The van der Waals surface area contributed by atoms with E-state index in [9.17, 15) is 31.1 Å². The zero-order chi connectivity index (χ0) is 26.8. The molecule has 37 heavy (non-hydrogen) atoms. The van der Waals surface area contributed by atoms with Crippen molar-refractivity contribution < 1.29 is 35.9 Å². The smallest absolute Gasteiger partial charge is 0.378 e. The number of anilines is 2. The van der Waals surface area contributed by atoms with Crippen molar-refractivity contribution in [2.24, 2.45) is 0 Å². The molecule has 4 heterocycles. The molecule has 202 valence electrons. The van der Waals surface area contributed by atoms with Gasteiger partial charge in [-0.25, -0.2) is 9.97 Å². The minimum Gasteiger partial charge on any atom is -0.378 e. The van der Waals surface area contributed by atoms with E-state index in [1.165, 1.54) is 0 Å². The van der Waals surface area contributed by atoms with Crippen molar-refractivity contribution in [3.63, 3.8) is 0 Å². The number of carbonyl (C=O) groups is 1. The topological polar surface area (TPSA) is 96.4 Å². The number of carbonyl (C=O) groups excluding carboxylic acids is 1. The number of ether oxygens (including phenoxy) is 1. The van der Waals surface area contributed by atoms with Crippen LogP contribution in [0.3, 0.4) is 0 Å². The van der Waals surface area contributed by atoms with E-state index in [2.05, 4.69) is 25.5 Å². The van der Waals surface area contributed by atoms with Crippen LogP contribution in [-0.2, 0) is 21.9 Å². The number of alkyl halides is 6. The second-order valence-electron chi connectivity index (χ2n) is 8.99. The highest BCUT2D eigenvalue weighted by Crippen LogP contribution is 2.34. The zero-order valence-electron chi connectivity index (χ0n) is 19.8. The predicted octanol–water partition coefficient (Wildman–Crippen LogP) is 3.39. The Bertz CT molecular complexity index is 1070. The second kappa shape index (κ2) is 10.6. The number of hydrogen-bond acceptors (Lipinski definition) is 8. The summed E-state index contributed by atoms with van der Waals surface area (Å²) in [7, 11) is 0. The Morgan fingerprint density at radius 2 is 1.62 bits per heavy atom. The largest absolute Gasteiger partial charge is 0.420 e. The van der Waals surface area contributed by atoms with Gasteiger partial charge in [-0.1, -0.05) is 0 Å². The van der Waals surface area contributed by atoms with Crippen LogP contribution in [0.15, 0.2) is 24.8 Å². The highest BCUT2D eigenvalue weighted by molar-refractivity contribution is 5.83. The maximum Gasteiger partial charge on any atom is 0.420 e. The minimum atomic E-state index is -4.59. The molecule has 0 saturated carbocycles. The number of likely N-dealkylation sites (tertiary alicyclic amines) is 1. The molecule has 0 aliphatic carbocycles. The summed E-state index contributed by atoms with van der Waals surface area (Å²) in [5.74, 6) is 0.0259. The fourth-order valence-electron chi connectivity index (χ4n) is 4.43. The van der Waals surface area contributed by atoms with Crippen molar-refractivity contribution in [2.75, 3.05) is 36.5 Å². The van der Waals surface area contributed by atoms with Gasteiger partial charge in [0, 0.05) is 50.5 Å². The Morgan fingerprint density at radius 1 is 0.973 bits per heavy atom. The average Bonchev–Trinajstić information content (AvgIpc) is 3.22. The van der Waals surface area contributed by atoms with Crippen LogP contribution in [0.5, 0.6) is 0 Å². The summed E-state index contributed by atoms with van der Waals surface area (Å²) in [6.45, 7) is 3.09. The van der Waals surface area contributed by atoms with E-state index in [0.29, 0.717) is 45.1 Å². The highest BCUT2D eigenvalue weighted by atomic mass is 19.4. The van der Waals surface area contributed by atoms with E-state index in [1.807, 2.05) is 0 Å². The first-order chi connectivity index (χ1) is 17.4. The van der Waals surface area contributed by atoms with Crippen molar-refractivity contribution in [2.45, 2.75) is 56.7 Å². The van der Waals surface area contributed by atoms with Crippen LogP contribution < -0.4 is 10.2 Å². The third-order valence-corrected chi connectivity index (χ3v) is 6.33. The molecule has 9 nitrogen and oxygen atoms in total. The summed E-state index contributed by atoms with van der Waals surface area (Å²) in [6, 6.07) is -0.585. The molecule has 2 atom stereocenters. The number of aromatic nitrogens is 4. The first-order valence-electron chi connectivity index (χ1n) is 11.6. The van der Waals surface area contributed by atoms with Gasteiger partial charge in [0.1, 0.15) is 11.7 Å². The predicted molar refractivity (Wildman–Crippen MR) is 118 cm³/mol. The van der Waals surface area contributed by atoms with Crippen molar-refractivity contribution in [3.8, 4) is 0 Å². The van der Waals surface area contributed by atoms with E-state index in [4.69, 9.17) is 4.74 Å². The van der Waals surface area contributed by atoms with Crippen LogP contribution >= 0.6 is 0 Å². The van der Waals surface area contributed by atoms with Crippen LogP contribution in [-0.4, -0.2) is 75.4 Å². The van der Waals surface area contributed by atoms with E-state index in [-0.39, 0.29) is 30.2 Å². The van der Waals surface area contributed by atoms with Crippen molar-refractivity contribution >= 4 is 17.5 Å². The summed E-state index contributed by atoms with van der Waals surface area (Å²) in [4.78, 5) is 24.1. The van der Waals surface area contributed by atoms with Crippen LogP contribution in [0.25, 0.3) is 0 Å². The SMILES string of the molecule is C[C@@H](CO[C@H]1CCN(C2CCN(c3ncc(C(F)(F)F)cn3)CC2)C1=O)Nc1cnncc1C(F)(F)F. The number of halogens is 6. The van der Waals surface area contributed by atoms with Crippen molar-refractivity contribution in [3.05, 3.63) is 35.9 Å². The number of piperidine rings is 1. The number of nitrogens with one attached hydrogen (secondary N) is 1. The standard InChI is InChI=1S/C22H25F6N7O2/c1-13(33-17-11-32-31-10-16(17)22(26,27)28)12-37-18-4-7-35(19(18)36)15-2-5-34(6-3-15)20-29-8-14(9-30-20)21(23,24)25/h8-11,13,15,18H,2-7,12H2,1H3,(H,31,33)/t13-,18-/m0/s1. The van der Waals surface area contributed by atoms with Gasteiger partial charge in [0.2, 0.25) is 5.95 Å². The zero-order valence-corrected chi connectivity index (χ0v) is 19.8. The van der Waals surface area contributed by atoms with E-state index < -0.39 is 35.6 Å². The first kappa shape index (κ1) is 26.8. The Morgan fingerprint density at radius 3 is 2.24 bits per heavy atom. The fourth-order valence-corrected chi connectivity index (χ4v) is 4.43. The normalized spacial score (nSPS) is 20.4. The molecule has 4 rings (SSSR count). The maximum absolute atomic E-state index is 13.1. The maximum atomic E-state index is 13.1. The molecule has 0 unspecified atom stereocenters. The van der Waals surface area contributed by atoms with Gasteiger partial charge < -0.3 is 19.9 Å². The van der Waals surface area contributed by atoms with Gasteiger partial charge in [-0.2, -0.15) is 36.5 Å². The summed E-state index contributed by atoms with van der Waals surface area (Å²) < 4.78 is 83.3. The molecule has 1 amide bonds. The Labute approximate surface area is 208 Å². The van der Waals surface area contributed by atoms with E-state index in [1.54, 1.807) is 16.7 Å². The number of amides is 1. The number of hydrogen-bond donors (Lipinski definition) is 1. The van der Waals surface area contributed by atoms with Gasteiger partial charge in [0.15, 0.2) is 0 Å². The van der Waals surface area contributed by atoms with Crippen LogP contribution in [0, 0.1) is 0 Å². The van der Waals surface area contributed by atoms with Gasteiger partial charge in [-0.05, 0) is 19.8 Å². The Balaban J connectivity index is 1.25.